The second-order valence-electron chi connectivity index (χ2n) is 4.62. The number of aliphatic hydroxyl groups excluding tert-OH is 1. The second kappa shape index (κ2) is 6.08. The SMILES string of the molecule is OC(c1ccc(Cl)cc1)C1(C(Cl)(Cl)Cl)C=CC(Cl)=CC1. The molecule has 1 aliphatic carbocycles. The number of alkyl halides is 3. The molecule has 1 N–H and O–H groups in total. The summed E-state index contributed by atoms with van der Waals surface area (Å²) in [6, 6.07) is 6.78. The molecule has 0 aliphatic heterocycles. The summed E-state index contributed by atoms with van der Waals surface area (Å²) in [7, 11) is 0. The molecule has 2 atom stereocenters. The van der Waals surface area contributed by atoms with Crippen LogP contribution in [0.25, 0.3) is 0 Å². The van der Waals surface area contributed by atoms with Crippen LogP contribution in [0.1, 0.15) is 18.1 Å². The molecule has 0 amide bonds. The van der Waals surface area contributed by atoms with Crippen LogP contribution >= 0.6 is 58.0 Å². The van der Waals surface area contributed by atoms with E-state index in [0.29, 0.717) is 22.0 Å². The van der Waals surface area contributed by atoms with E-state index in [-0.39, 0.29) is 0 Å². The molecule has 2 unspecified atom stereocenters. The highest BCUT2D eigenvalue weighted by Crippen LogP contribution is 2.56. The van der Waals surface area contributed by atoms with Crippen molar-refractivity contribution in [2.75, 3.05) is 0 Å². The van der Waals surface area contributed by atoms with Gasteiger partial charge in [-0.05, 0) is 30.2 Å². The molecule has 1 aromatic rings. The van der Waals surface area contributed by atoms with Crippen molar-refractivity contribution in [1.82, 2.24) is 0 Å². The smallest absolute Gasteiger partial charge is 0.202 e. The van der Waals surface area contributed by atoms with Gasteiger partial charge >= 0.3 is 0 Å². The zero-order valence-electron chi connectivity index (χ0n) is 10.2. The molecule has 2 rings (SSSR count). The summed E-state index contributed by atoms with van der Waals surface area (Å²) in [4.78, 5) is 0. The third-order valence-corrected chi connectivity index (χ3v) is 4.96. The lowest BCUT2D eigenvalue weighted by Gasteiger charge is -2.42. The quantitative estimate of drug-likeness (QED) is 0.649. The van der Waals surface area contributed by atoms with E-state index in [1.807, 2.05) is 0 Å². The van der Waals surface area contributed by atoms with Crippen molar-refractivity contribution in [3.63, 3.8) is 0 Å². The van der Waals surface area contributed by atoms with E-state index in [2.05, 4.69) is 0 Å². The Bertz CT molecular complexity index is 544. The molecule has 0 heterocycles. The number of hydrogen-bond donors (Lipinski definition) is 1. The van der Waals surface area contributed by atoms with Gasteiger partial charge in [0, 0.05) is 10.1 Å². The Labute approximate surface area is 142 Å². The predicted octanol–water partition coefficient (Wildman–Crippen LogP) is 5.81. The maximum absolute atomic E-state index is 10.7. The van der Waals surface area contributed by atoms with E-state index in [1.54, 1.807) is 42.5 Å². The van der Waals surface area contributed by atoms with E-state index in [0.717, 1.165) is 0 Å². The first-order valence-corrected chi connectivity index (χ1v) is 7.70. The summed E-state index contributed by atoms with van der Waals surface area (Å²) >= 11 is 30.1. The van der Waals surface area contributed by atoms with Crippen molar-refractivity contribution in [1.29, 1.82) is 0 Å². The average Bonchev–Trinajstić information content (AvgIpc) is 2.38. The molecule has 0 spiro atoms. The molecule has 20 heavy (non-hydrogen) atoms. The summed E-state index contributed by atoms with van der Waals surface area (Å²) in [6.45, 7) is 0. The van der Waals surface area contributed by atoms with Crippen LogP contribution < -0.4 is 0 Å². The lowest BCUT2D eigenvalue weighted by Crippen LogP contribution is -2.40. The topological polar surface area (TPSA) is 20.2 Å². The lowest BCUT2D eigenvalue weighted by molar-refractivity contribution is 0.0605. The van der Waals surface area contributed by atoms with Crippen LogP contribution in [0.2, 0.25) is 5.02 Å². The Balaban J connectivity index is 2.43. The molecule has 0 fully saturated rings. The Morgan fingerprint density at radius 2 is 1.70 bits per heavy atom. The molecular formula is C14H11Cl5O. The van der Waals surface area contributed by atoms with Gasteiger partial charge in [0.15, 0.2) is 0 Å². The van der Waals surface area contributed by atoms with Crippen molar-refractivity contribution in [3.05, 3.63) is 58.1 Å². The van der Waals surface area contributed by atoms with Crippen LogP contribution in [0.15, 0.2) is 47.5 Å². The van der Waals surface area contributed by atoms with Crippen LogP contribution in [0.4, 0.5) is 0 Å². The van der Waals surface area contributed by atoms with Crippen LogP contribution in [-0.4, -0.2) is 8.90 Å². The highest BCUT2D eigenvalue weighted by Gasteiger charge is 2.52. The summed E-state index contributed by atoms with van der Waals surface area (Å²) in [5.41, 5.74) is -0.457. The first kappa shape index (κ1) is 16.5. The van der Waals surface area contributed by atoms with Crippen molar-refractivity contribution < 1.29 is 5.11 Å². The summed E-state index contributed by atoms with van der Waals surface area (Å²) < 4.78 is -1.68. The van der Waals surface area contributed by atoms with Crippen LogP contribution in [0.3, 0.4) is 0 Å². The molecule has 0 saturated heterocycles. The van der Waals surface area contributed by atoms with Gasteiger partial charge in [-0.15, -0.1) is 0 Å². The van der Waals surface area contributed by atoms with Crippen LogP contribution in [0.5, 0.6) is 0 Å². The van der Waals surface area contributed by atoms with Crippen molar-refractivity contribution >= 4 is 58.0 Å². The van der Waals surface area contributed by atoms with Crippen molar-refractivity contribution in [3.8, 4) is 0 Å². The number of allylic oxidation sites excluding steroid dienone is 3. The first-order chi connectivity index (χ1) is 9.26. The van der Waals surface area contributed by atoms with E-state index in [4.69, 9.17) is 58.0 Å². The molecule has 0 bridgehead atoms. The summed E-state index contributed by atoms with van der Waals surface area (Å²) in [6.07, 6.45) is 4.34. The molecule has 0 saturated carbocycles. The molecule has 1 aromatic carbocycles. The number of hydrogen-bond acceptors (Lipinski definition) is 1. The van der Waals surface area contributed by atoms with E-state index in [9.17, 15) is 5.11 Å². The van der Waals surface area contributed by atoms with Gasteiger partial charge in [-0.2, -0.15) is 0 Å². The fourth-order valence-corrected chi connectivity index (χ4v) is 3.14. The first-order valence-electron chi connectivity index (χ1n) is 5.81. The Morgan fingerprint density at radius 3 is 2.15 bits per heavy atom. The maximum atomic E-state index is 10.7. The van der Waals surface area contributed by atoms with Gasteiger partial charge in [-0.25, -0.2) is 0 Å². The normalized spacial score (nSPS) is 24.4. The lowest BCUT2D eigenvalue weighted by atomic mass is 9.75. The summed E-state index contributed by atoms with van der Waals surface area (Å²) in [5.74, 6) is 0. The van der Waals surface area contributed by atoms with Gasteiger partial charge in [0.05, 0.1) is 11.5 Å². The van der Waals surface area contributed by atoms with Gasteiger partial charge < -0.3 is 5.11 Å². The molecule has 108 valence electrons. The predicted molar refractivity (Wildman–Crippen MR) is 86.8 cm³/mol. The average molecular weight is 373 g/mol. The van der Waals surface area contributed by atoms with Crippen molar-refractivity contribution in [2.45, 2.75) is 16.3 Å². The molecular weight excluding hydrogens is 361 g/mol. The fraction of sp³-hybridized carbons (Fsp3) is 0.286. The van der Waals surface area contributed by atoms with Crippen LogP contribution in [0, 0.1) is 5.41 Å². The minimum atomic E-state index is -1.68. The zero-order valence-corrected chi connectivity index (χ0v) is 13.9. The molecule has 1 nitrogen and oxygen atoms in total. The van der Waals surface area contributed by atoms with Gasteiger partial charge in [0.1, 0.15) is 0 Å². The summed E-state index contributed by atoms with van der Waals surface area (Å²) in [5, 5.41) is 11.8. The van der Waals surface area contributed by atoms with Crippen LogP contribution in [-0.2, 0) is 0 Å². The Kier molecular flexibility index (Phi) is 5.01. The van der Waals surface area contributed by atoms with Crippen molar-refractivity contribution in [2.24, 2.45) is 5.41 Å². The van der Waals surface area contributed by atoms with E-state index in [1.165, 1.54) is 0 Å². The molecule has 1 aliphatic rings. The van der Waals surface area contributed by atoms with Gasteiger partial charge in [0.25, 0.3) is 0 Å². The fourth-order valence-electron chi connectivity index (χ4n) is 2.14. The van der Waals surface area contributed by atoms with Gasteiger partial charge in [0.2, 0.25) is 3.79 Å². The Hall–Kier alpha value is 0.110. The monoisotopic (exact) mass is 370 g/mol. The minimum Gasteiger partial charge on any atom is -0.387 e. The number of rotatable bonds is 2. The highest BCUT2D eigenvalue weighted by atomic mass is 35.6. The third-order valence-electron chi connectivity index (χ3n) is 3.38. The van der Waals surface area contributed by atoms with E-state index >= 15 is 0 Å². The maximum Gasteiger partial charge on any atom is 0.202 e. The number of aliphatic hydroxyl groups is 1. The molecule has 6 heteroatoms. The number of benzene rings is 1. The standard InChI is InChI=1S/C14H11Cl5O/c15-10-3-1-9(2-4-10)12(20)13(14(17,18)19)7-5-11(16)6-8-13/h1-7,12,20H,8H2. The largest absolute Gasteiger partial charge is 0.387 e. The number of halogens is 5. The molecule has 0 radical (unpaired) electrons. The van der Waals surface area contributed by atoms with Gasteiger partial charge in [-0.1, -0.05) is 82.3 Å². The minimum absolute atomic E-state index is 0.322. The van der Waals surface area contributed by atoms with Gasteiger partial charge in [-0.3, -0.25) is 0 Å². The third kappa shape index (κ3) is 3.14. The second-order valence-corrected chi connectivity index (χ2v) is 7.77. The Morgan fingerprint density at radius 1 is 1.10 bits per heavy atom. The van der Waals surface area contributed by atoms with E-state index < -0.39 is 15.3 Å². The zero-order chi connectivity index (χ0) is 15.0. The molecule has 0 aromatic heterocycles. The highest BCUT2D eigenvalue weighted by molar-refractivity contribution is 6.68.